The SMILES string of the molecule is Cc1c(I)cccc1NC1CC(C)CC(C)C1. The smallest absolute Gasteiger partial charge is 0.0382 e. The summed E-state index contributed by atoms with van der Waals surface area (Å²) in [6.07, 6.45) is 4.02. The van der Waals surface area contributed by atoms with E-state index in [2.05, 4.69) is 66.9 Å². The van der Waals surface area contributed by atoms with Gasteiger partial charge in [0.15, 0.2) is 0 Å². The Morgan fingerprint density at radius 1 is 1.12 bits per heavy atom. The molecular weight excluding hydrogens is 321 g/mol. The molecule has 1 nitrogen and oxygen atoms in total. The van der Waals surface area contributed by atoms with Gasteiger partial charge in [-0.05, 0) is 78.3 Å². The van der Waals surface area contributed by atoms with E-state index in [1.807, 2.05) is 0 Å². The van der Waals surface area contributed by atoms with Gasteiger partial charge in [-0.1, -0.05) is 19.9 Å². The molecular formula is C15H22IN. The van der Waals surface area contributed by atoms with Crippen molar-refractivity contribution in [1.82, 2.24) is 0 Å². The van der Waals surface area contributed by atoms with Crippen molar-refractivity contribution in [3.05, 3.63) is 27.3 Å². The third kappa shape index (κ3) is 3.36. The van der Waals surface area contributed by atoms with Gasteiger partial charge in [-0.15, -0.1) is 0 Å². The first kappa shape index (κ1) is 13.2. The molecule has 0 heterocycles. The Bertz CT molecular complexity index is 379. The van der Waals surface area contributed by atoms with Crippen LogP contribution in [-0.4, -0.2) is 6.04 Å². The van der Waals surface area contributed by atoms with Gasteiger partial charge < -0.3 is 5.32 Å². The van der Waals surface area contributed by atoms with Gasteiger partial charge in [-0.25, -0.2) is 0 Å². The van der Waals surface area contributed by atoms with Gasteiger partial charge >= 0.3 is 0 Å². The zero-order chi connectivity index (χ0) is 12.4. The molecule has 1 saturated carbocycles. The molecule has 2 rings (SSSR count). The van der Waals surface area contributed by atoms with Crippen molar-refractivity contribution in [1.29, 1.82) is 0 Å². The maximum atomic E-state index is 3.75. The predicted octanol–water partition coefficient (Wildman–Crippen LogP) is 4.84. The lowest BCUT2D eigenvalue weighted by molar-refractivity contribution is 0.281. The van der Waals surface area contributed by atoms with Gasteiger partial charge in [0.25, 0.3) is 0 Å². The van der Waals surface area contributed by atoms with E-state index in [1.54, 1.807) is 0 Å². The number of anilines is 1. The second-order valence-corrected chi connectivity index (χ2v) is 6.83. The third-order valence-corrected chi connectivity index (χ3v) is 4.97. The Hall–Kier alpha value is -0.250. The molecule has 1 aromatic rings. The second kappa shape index (κ2) is 5.59. The van der Waals surface area contributed by atoms with E-state index in [1.165, 1.54) is 34.1 Å². The Balaban J connectivity index is 2.07. The van der Waals surface area contributed by atoms with Crippen LogP contribution in [0.15, 0.2) is 18.2 Å². The van der Waals surface area contributed by atoms with Crippen molar-refractivity contribution in [3.8, 4) is 0 Å². The van der Waals surface area contributed by atoms with Crippen molar-refractivity contribution in [3.63, 3.8) is 0 Å². The van der Waals surface area contributed by atoms with Gasteiger partial charge in [-0.3, -0.25) is 0 Å². The number of hydrogen-bond donors (Lipinski definition) is 1. The largest absolute Gasteiger partial charge is 0.382 e. The van der Waals surface area contributed by atoms with Crippen LogP contribution in [-0.2, 0) is 0 Å². The van der Waals surface area contributed by atoms with Gasteiger partial charge in [0.1, 0.15) is 0 Å². The van der Waals surface area contributed by atoms with E-state index < -0.39 is 0 Å². The quantitative estimate of drug-likeness (QED) is 0.758. The molecule has 2 heteroatoms. The predicted molar refractivity (Wildman–Crippen MR) is 83.5 cm³/mol. The number of benzene rings is 1. The molecule has 2 unspecified atom stereocenters. The molecule has 2 atom stereocenters. The number of rotatable bonds is 2. The third-order valence-electron chi connectivity index (χ3n) is 3.81. The fraction of sp³-hybridized carbons (Fsp3) is 0.600. The summed E-state index contributed by atoms with van der Waals surface area (Å²) in [4.78, 5) is 0. The Morgan fingerprint density at radius 3 is 2.41 bits per heavy atom. The number of nitrogens with one attached hydrogen (secondary N) is 1. The zero-order valence-corrected chi connectivity index (χ0v) is 13.1. The van der Waals surface area contributed by atoms with Crippen LogP contribution in [0.3, 0.4) is 0 Å². The first-order chi connectivity index (χ1) is 8.06. The minimum absolute atomic E-state index is 0.658. The highest BCUT2D eigenvalue weighted by Crippen LogP contribution is 2.31. The van der Waals surface area contributed by atoms with Gasteiger partial charge in [-0.2, -0.15) is 0 Å². The molecule has 0 saturated heterocycles. The molecule has 0 aromatic heterocycles. The first-order valence-corrected chi connectivity index (χ1v) is 7.65. The molecule has 17 heavy (non-hydrogen) atoms. The average molecular weight is 343 g/mol. The van der Waals surface area contributed by atoms with Crippen LogP contribution < -0.4 is 5.32 Å². The molecule has 1 fully saturated rings. The summed E-state index contributed by atoms with van der Waals surface area (Å²) in [5.41, 5.74) is 2.71. The summed E-state index contributed by atoms with van der Waals surface area (Å²) in [5.74, 6) is 1.72. The number of halogens is 1. The van der Waals surface area contributed by atoms with Gasteiger partial charge in [0, 0.05) is 15.3 Å². The van der Waals surface area contributed by atoms with Gasteiger partial charge in [0.05, 0.1) is 0 Å². The standard InChI is InChI=1S/C15H22IN/c1-10-7-11(2)9-13(8-10)17-15-6-4-5-14(16)12(15)3/h4-6,10-11,13,17H,7-9H2,1-3H3. The van der Waals surface area contributed by atoms with E-state index in [0.717, 1.165) is 11.8 Å². The summed E-state index contributed by atoms with van der Waals surface area (Å²) in [5, 5.41) is 3.75. The molecule has 0 spiro atoms. The van der Waals surface area contributed by atoms with Crippen molar-refractivity contribution in [2.24, 2.45) is 11.8 Å². The first-order valence-electron chi connectivity index (χ1n) is 6.58. The summed E-state index contributed by atoms with van der Waals surface area (Å²) < 4.78 is 1.35. The topological polar surface area (TPSA) is 12.0 Å². The lowest BCUT2D eigenvalue weighted by Crippen LogP contribution is -2.30. The molecule has 1 aliphatic rings. The normalized spacial score (nSPS) is 29.1. The van der Waals surface area contributed by atoms with Crippen LogP contribution in [0.1, 0.15) is 38.7 Å². The van der Waals surface area contributed by atoms with Crippen LogP contribution in [0, 0.1) is 22.3 Å². The van der Waals surface area contributed by atoms with Crippen LogP contribution in [0.2, 0.25) is 0 Å². The van der Waals surface area contributed by atoms with Crippen LogP contribution >= 0.6 is 22.6 Å². The molecule has 1 aliphatic carbocycles. The maximum absolute atomic E-state index is 3.75. The van der Waals surface area contributed by atoms with E-state index >= 15 is 0 Å². The van der Waals surface area contributed by atoms with Crippen LogP contribution in [0.5, 0.6) is 0 Å². The fourth-order valence-corrected chi connectivity index (χ4v) is 3.55. The molecule has 0 radical (unpaired) electrons. The van der Waals surface area contributed by atoms with Crippen molar-refractivity contribution in [2.45, 2.75) is 46.1 Å². The summed E-state index contributed by atoms with van der Waals surface area (Å²) in [6.45, 7) is 6.97. The highest BCUT2D eigenvalue weighted by Gasteiger charge is 2.23. The van der Waals surface area contributed by atoms with Crippen molar-refractivity contribution in [2.75, 3.05) is 5.32 Å². The molecule has 1 N–H and O–H groups in total. The van der Waals surface area contributed by atoms with E-state index in [-0.39, 0.29) is 0 Å². The summed E-state index contributed by atoms with van der Waals surface area (Å²) in [6, 6.07) is 7.19. The average Bonchev–Trinajstić information content (AvgIpc) is 2.23. The molecule has 94 valence electrons. The monoisotopic (exact) mass is 343 g/mol. The Morgan fingerprint density at radius 2 is 1.76 bits per heavy atom. The molecule has 0 bridgehead atoms. The Kier molecular flexibility index (Phi) is 4.34. The number of hydrogen-bond acceptors (Lipinski definition) is 1. The lowest BCUT2D eigenvalue weighted by atomic mass is 9.80. The van der Waals surface area contributed by atoms with Gasteiger partial charge in [0.2, 0.25) is 0 Å². The second-order valence-electron chi connectivity index (χ2n) is 5.67. The van der Waals surface area contributed by atoms with E-state index in [4.69, 9.17) is 0 Å². The summed E-state index contributed by atoms with van der Waals surface area (Å²) in [7, 11) is 0. The molecule has 0 amide bonds. The Labute approximate surface area is 119 Å². The zero-order valence-electron chi connectivity index (χ0n) is 11.0. The highest BCUT2D eigenvalue weighted by molar-refractivity contribution is 14.1. The summed E-state index contributed by atoms with van der Waals surface area (Å²) >= 11 is 2.41. The maximum Gasteiger partial charge on any atom is 0.0382 e. The molecule has 0 aliphatic heterocycles. The minimum atomic E-state index is 0.658. The highest BCUT2D eigenvalue weighted by atomic mass is 127. The molecule has 1 aromatic carbocycles. The van der Waals surface area contributed by atoms with Crippen LogP contribution in [0.25, 0.3) is 0 Å². The lowest BCUT2D eigenvalue weighted by Gasteiger charge is -2.33. The minimum Gasteiger partial charge on any atom is -0.382 e. The van der Waals surface area contributed by atoms with E-state index in [9.17, 15) is 0 Å². The van der Waals surface area contributed by atoms with Crippen molar-refractivity contribution < 1.29 is 0 Å². The van der Waals surface area contributed by atoms with E-state index in [0.29, 0.717) is 6.04 Å². The van der Waals surface area contributed by atoms with Crippen molar-refractivity contribution >= 4 is 28.3 Å². The fourth-order valence-electron chi connectivity index (χ4n) is 3.05. The van der Waals surface area contributed by atoms with Crippen LogP contribution in [0.4, 0.5) is 5.69 Å².